The molecule has 0 fully saturated rings. The number of rotatable bonds is 6. The van der Waals surface area contributed by atoms with Crippen molar-refractivity contribution in [3.63, 3.8) is 0 Å². The Morgan fingerprint density at radius 3 is 3.00 bits per heavy atom. The Hall–Kier alpha value is -1.80. The van der Waals surface area contributed by atoms with Crippen LogP contribution in [0, 0.1) is 11.8 Å². The molecule has 0 radical (unpaired) electrons. The van der Waals surface area contributed by atoms with Crippen LogP contribution in [0.1, 0.15) is 11.1 Å². The Balaban J connectivity index is 1.77. The molecule has 0 saturated carbocycles. The van der Waals surface area contributed by atoms with E-state index in [-0.39, 0.29) is 0 Å². The van der Waals surface area contributed by atoms with E-state index in [1.165, 1.54) is 5.56 Å². The van der Waals surface area contributed by atoms with Crippen LogP contribution in [0.25, 0.3) is 0 Å². The first kappa shape index (κ1) is 15.6. The summed E-state index contributed by atoms with van der Waals surface area (Å²) in [6.07, 6.45) is 0. The predicted octanol–water partition coefficient (Wildman–Crippen LogP) is 2.57. The summed E-state index contributed by atoms with van der Waals surface area (Å²) in [4.78, 5) is 2.25. The first-order valence-electron chi connectivity index (χ1n) is 6.89. The number of thiophene rings is 1. The lowest BCUT2D eigenvalue weighted by molar-refractivity contribution is 0.233. The van der Waals surface area contributed by atoms with E-state index in [1.807, 2.05) is 24.3 Å². The fraction of sp³-hybridized carbons (Fsp3) is 0.294. The van der Waals surface area contributed by atoms with Gasteiger partial charge in [0, 0.05) is 18.7 Å². The van der Waals surface area contributed by atoms with Crippen LogP contribution in [0.4, 0.5) is 0 Å². The third-order valence-corrected chi connectivity index (χ3v) is 3.68. The standard InChI is InChI=1S/C17H20N2OS/c1-19(13-16-7-11-21-14-16)9-10-20-17-6-2-4-15(12-17)5-3-8-18/h2,4,6-7,11-12,14H,8-10,13,18H2,1H3. The van der Waals surface area contributed by atoms with E-state index in [1.54, 1.807) is 11.3 Å². The highest BCUT2D eigenvalue weighted by atomic mass is 32.1. The van der Waals surface area contributed by atoms with Crippen molar-refractivity contribution < 1.29 is 4.74 Å². The second kappa shape index (κ2) is 8.48. The van der Waals surface area contributed by atoms with Gasteiger partial charge in [-0.15, -0.1) is 0 Å². The highest BCUT2D eigenvalue weighted by Crippen LogP contribution is 2.13. The smallest absolute Gasteiger partial charge is 0.120 e. The zero-order chi connectivity index (χ0) is 14.9. The van der Waals surface area contributed by atoms with Gasteiger partial charge in [-0.1, -0.05) is 17.9 Å². The van der Waals surface area contributed by atoms with Crippen LogP contribution in [0.5, 0.6) is 5.75 Å². The maximum Gasteiger partial charge on any atom is 0.120 e. The quantitative estimate of drug-likeness (QED) is 0.833. The van der Waals surface area contributed by atoms with Gasteiger partial charge in [0.25, 0.3) is 0 Å². The van der Waals surface area contributed by atoms with Crippen LogP contribution in [0.3, 0.4) is 0 Å². The van der Waals surface area contributed by atoms with Crippen LogP contribution in [0.2, 0.25) is 0 Å². The van der Waals surface area contributed by atoms with Gasteiger partial charge in [-0.25, -0.2) is 0 Å². The van der Waals surface area contributed by atoms with Crippen molar-refractivity contribution in [1.29, 1.82) is 0 Å². The fourth-order valence-electron chi connectivity index (χ4n) is 1.91. The highest BCUT2D eigenvalue weighted by molar-refractivity contribution is 7.07. The molecule has 2 rings (SSSR count). The molecule has 2 N–H and O–H groups in total. The maximum absolute atomic E-state index is 5.78. The highest BCUT2D eigenvalue weighted by Gasteiger charge is 2.01. The number of likely N-dealkylation sites (N-methyl/N-ethyl adjacent to an activating group) is 1. The summed E-state index contributed by atoms with van der Waals surface area (Å²) in [6, 6.07) is 9.96. The van der Waals surface area contributed by atoms with Crippen LogP contribution < -0.4 is 10.5 Å². The summed E-state index contributed by atoms with van der Waals surface area (Å²) >= 11 is 1.73. The Bertz CT molecular complexity index is 599. The summed E-state index contributed by atoms with van der Waals surface area (Å²) in [5, 5.41) is 4.28. The first-order valence-corrected chi connectivity index (χ1v) is 7.83. The van der Waals surface area contributed by atoms with Gasteiger partial charge < -0.3 is 10.5 Å². The van der Waals surface area contributed by atoms with Gasteiger partial charge >= 0.3 is 0 Å². The summed E-state index contributed by atoms with van der Waals surface area (Å²) in [7, 11) is 2.10. The Labute approximate surface area is 130 Å². The number of benzene rings is 1. The van der Waals surface area contributed by atoms with Gasteiger partial charge in [-0.05, 0) is 47.6 Å². The summed E-state index contributed by atoms with van der Waals surface area (Å²) in [6.45, 7) is 2.87. The summed E-state index contributed by atoms with van der Waals surface area (Å²) in [5.74, 6) is 6.70. The van der Waals surface area contributed by atoms with Gasteiger partial charge in [0.2, 0.25) is 0 Å². The van der Waals surface area contributed by atoms with Crippen LogP contribution >= 0.6 is 11.3 Å². The van der Waals surface area contributed by atoms with Crippen molar-refractivity contribution in [2.45, 2.75) is 6.54 Å². The second-order valence-electron chi connectivity index (χ2n) is 4.75. The van der Waals surface area contributed by atoms with Crippen molar-refractivity contribution in [2.24, 2.45) is 5.73 Å². The van der Waals surface area contributed by atoms with E-state index >= 15 is 0 Å². The second-order valence-corrected chi connectivity index (χ2v) is 5.53. The van der Waals surface area contributed by atoms with Crippen molar-refractivity contribution in [2.75, 3.05) is 26.7 Å². The minimum absolute atomic E-state index is 0.373. The van der Waals surface area contributed by atoms with Crippen LogP contribution in [-0.4, -0.2) is 31.6 Å². The monoisotopic (exact) mass is 300 g/mol. The van der Waals surface area contributed by atoms with Crippen molar-refractivity contribution in [3.8, 4) is 17.6 Å². The molecule has 0 aliphatic rings. The molecule has 1 heterocycles. The molecule has 110 valence electrons. The van der Waals surface area contributed by atoms with Gasteiger partial charge in [0.1, 0.15) is 12.4 Å². The molecule has 0 spiro atoms. The summed E-state index contributed by atoms with van der Waals surface area (Å²) in [5.41, 5.74) is 7.66. The van der Waals surface area contributed by atoms with Crippen molar-refractivity contribution >= 4 is 11.3 Å². The third-order valence-electron chi connectivity index (χ3n) is 2.94. The lowest BCUT2D eigenvalue weighted by Gasteiger charge is -2.16. The Kier molecular flexibility index (Phi) is 6.29. The molecule has 21 heavy (non-hydrogen) atoms. The maximum atomic E-state index is 5.78. The number of hydrogen-bond acceptors (Lipinski definition) is 4. The Morgan fingerprint density at radius 2 is 2.24 bits per heavy atom. The van der Waals surface area contributed by atoms with E-state index in [4.69, 9.17) is 10.5 Å². The van der Waals surface area contributed by atoms with E-state index < -0.39 is 0 Å². The minimum Gasteiger partial charge on any atom is -0.492 e. The van der Waals surface area contributed by atoms with E-state index in [2.05, 4.69) is 40.6 Å². The number of ether oxygens (including phenoxy) is 1. The van der Waals surface area contributed by atoms with Crippen molar-refractivity contribution in [3.05, 3.63) is 52.2 Å². The topological polar surface area (TPSA) is 38.5 Å². The predicted molar refractivity (Wildman–Crippen MR) is 88.5 cm³/mol. The first-order chi connectivity index (χ1) is 10.3. The Morgan fingerprint density at radius 1 is 1.33 bits per heavy atom. The van der Waals surface area contributed by atoms with Crippen LogP contribution in [0.15, 0.2) is 41.1 Å². The van der Waals surface area contributed by atoms with Gasteiger partial charge in [0.15, 0.2) is 0 Å². The van der Waals surface area contributed by atoms with E-state index in [0.717, 1.165) is 24.4 Å². The molecule has 0 atom stereocenters. The molecule has 0 aliphatic heterocycles. The van der Waals surface area contributed by atoms with E-state index in [9.17, 15) is 0 Å². The number of nitrogens with two attached hydrogens (primary N) is 1. The average molecular weight is 300 g/mol. The molecular weight excluding hydrogens is 280 g/mol. The molecule has 0 saturated heterocycles. The lowest BCUT2D eigenvalue weighted by Crippen LogP contribution is -2.23. The SMILES string of the molecule is CN(CCOc1cccc(C#CCN)c1)Cc1ccsc1. The lowest BCUT2D eigenvalue weighted by atomic mass is 10.2. The summed E-state index contributed by atoms with van der Waals surface area (Å²) < 4.78 is 5.78. The van der Waals surface area contributed by atoms with Crippen molar-refractivity contribution in [1.82, 2.24) is 4.90 Å². The molecule has 0 unspecified atom stereocenters. The number of hydrogen-bond donors (Lipinski definition) is 1. The molecule has 1 aromatic heterocycles. The normalized spacial score (nSPS) is 10.2. The molecule has 1 aromatic carbocycles. The average Bonchev–Trinajstić information content (AvgIpc) is 2.98. The van der Waals surface area contributed by atoms with Crippen LogP contribution in [-0.2, 0) is 6.54 Å². The van der Waals surface area contributed by atoms with Gasteiger partial charge in [0.05, 0.1) is 6.54 Å². The molecule has 0 amide bonds. The van der Waals surface area contributed by atoms with E-state index in [0.29, 0.717) is 13.2 Å². The largest absolute Gasteiger partial charge is 0.492 e. The molecular formula is C17H20N2OS. The van der Waals surface area contributed by atoms with Gasteiger partial charge in [-0.3, -0.25) is 4.90 Å². The molecule has 3 nitrogen and oxygen atoms in total. The minimum atomic E-state index is 0.373. The zero-order valence-electron chi connectivity index (χ0n) is 12.2. The number of nitrogens with zero attached hydrogens (tertiary/aromatic N) is 1. The van der Waals surface area contributed by atoms with Gasteiger partial charge in [-0.2, -0.15) is 11.3 Å². The molecule has 0 bridgehead atoms. The fourth-order valence-corrected chi connectivity index (χ4v) is 2.57. The zero-order valence-corrected chi connectivity index (χ0v) is 13.0. The molecule has 4 heteroatoms. The third kappa shape index (κ3) is 5.60. The molecule has 0 aliphatic carbocycles. The molecule has 2 aromatic rings.